The van der Waals surface area contributed by atoms with Gasteiger partial charge >= 0.3 is 0 Å². The Kier molecular flexibility index (Phi) is 4.48. The average Bonchev–Trinajstić information content (AvgIpc) is 2.36. The Hall–Kier alpha value is -0.0800. The molecular formula is C15H30N2. The van der Waals surface area contributed by atoms with Gasteiger partial charge in [0.15, 0.2) is 0 Å². The molecule has 0 amide bonds. The standard InChI is InChI=1S/C15H30N2/c1-4-15(5-2)8-10-17(11-9-15)14-7-6-13(14)12-16-3/h13-14,16H,4-12H2,1-3H3. The fourth-order valence-corrected chi connectivity index (χ4v) is 3.82. The monoisotopic (exact) mass is 238 g/mol. The lowest BCUT2D eigenvalue weighted by Crippen LogP contribution is -2.53. The molecule has 1 heterocycles. The van der Waals surface area contributed by atoms with Crippen LogP contribution in [0.25, 0.3) is 0 Å². The predicted molar refractivity (Wildman–Crippen MR) is 74.3 cm³/mol. The van der Waals surface area contributed by atoms with Gasteiger partial charge in [0.25, 0.3) is 0 Å². The summed E-state index contributed by atoms with van der Waals surface area (Å²) >= 11 is 0. The van der Waals surface area contributed by atoms with Crippen molar-refractivity contribution in [2.75, 3.05) is 26.7 Å². The molecule has 17 heavy (non-hydrogen) atoms. The summed E-state index contributed by atoms with van der Waals surface area (Å²) in [6.07, 6.45) is 8.50. The third kappa shape index (κ3) is 2.68. The maximum absolute atomic E-state index is 3.35. The molecule has 1 aliphatic heterocycles. The zero-order valence-corrected chi connectivity index (χ0v) is 12.0. The highest BCUT2D eigenvalue weighted by Crippen LogP contribution is 2.41. The summed E-state index contributed by atoms with van der Waals surface area (Å²) in [5, 5.41) is 3.35. The van der Waals surface area contributed by atoms with Crippen molar-refractivity contribution in [2.24, 2.45) is 11.3 Å². The smallest absolute Gasteiger partial charge is 0.0136 e. The number of piperidine rings is 1. The maximum atomic E-state index is 3.35. The van der Waals surface area contributed by atoms with E-state index in [1.165, 1.54) is 58.2 Å². The van der Waals surface area contributed by atoms with Crippen LogP contribution < -0.4 is 5.32 Å². The second-order valence-electron chi connectivity index (χ2n) is 6.21. The van der Waals surface area contributed by atoms with Crippen LogP contribution in [0.5, 0.6) is 0 Å². The Labute approximate surface area is 107 Å². The number of likely N-dealkylation sites (tertiary alicyclic amines) is 1. The van der Waals surface area contributed by atoms with E-state index < -0.39 is 0 Å². The minimum Gasteiger partial charge on any atom is -0.319 e. The topological polar surface area (TPSA) is 15.3 Å². The summed E-state index contributed by atoms with van der Waals surface area (Å²) in [6, 6.07) is 0.897. The number of rotatable bonds is 5. The maximum Gasteiger partial charge on any atom is 0.0136 e. The van der Waals surface area contributed by atoms with E-state index in [1.807, 2.05) is 0 Å². The highest BCUT2D eigenvalue weighted by Gasteiger charge is 2.39. The van der Waals surface area contributed by atoms with Gasteiger partial charge in [0, 0.05) is 6.04 Å². The van der Waals surface area contributed by atoms with E-state index in [-0.39, 0.29) is 0 Å². The van der Waals surface area contributed by atoms with Gasteiger partial charge in [-0.15, -0.1) is 0 Å². The molecular weight excluding hydrogens is 208 g/mol. The summed E-state index contributed by atoms with van der Waals surface area (Å²) in [5.41, 5.74) is 0.679. The van der Waals surface area contributed by atoms with Crippen LogP contribution in [0.2, 0.25) is 0 Å². The highest BCUT2D eigenvalue weighted by atomic mass is 15.2. The molecule has 100 valence electrons. The second kappa shape index (κ2) is 5.71. The average molecular weight is 238 g/mol. The van der Waals surface area contributed by atoms with E-state index in [1.54, 1.807) is 0 Å². The van der Waals surface area contributed by atoms with Crippen LogP contribution in [-0.2, 0) is 0 Å². The quantitative estimate of drug-likeness (QED) is 0.792. The Morgan fingerprint density at radius 1 is 1.12 bits per heavy atom. The van der Waals surface area contributed by atoms with Crippen LogP contribution >= 0.6 is 0 Å². The summed E-state index contributed by atoms with van der Waals surface area (Å²) in [6.45, 7) is 8.69. The molecule has 2 fully saturated rings. The lowest BCUT2D eigenvalue weighted by Gasteiger charge is -2.50. The first kappa shape index (κ1) is 13.4. The van der Waals surface area contributed by atoms with E-state index in [9.17, 15) is 0 Å². The number of hydrogen-bond acceptors (Lipinski definition) is 2. The van der Waals surface area contributed by atoms with Gasteiger partial charge in [0.2, 0.25) is 0 Å². The molecule has 0 aromatic rings. The molecule has 2 unspecified atom stereocenters. The number of nitrogens with zero attached hydrogens (tertiary/aromatic N) is 1. The Morgan fingerprint density at radius 3 is 2.18 bits per heavy atom. The fourth-order valence-electron chi connectivity index (χ4n) is 3.82. The molecule has 0 bridgehead atoms. The zero-order valence-electron chi connectivity index (χ0n) is 12.0. The van der Waals surface area contributed by atoms with Gasteiger partial charge in [-0.1, -0.05) is 26.7 Å². The van der Waals surface area contributed by atoms with Gasteiger partial charge in [-0.2, -0.15) is 0 Å². The van der Waals surface area contributed by atoms with Gasteiger partial charge in [-0.3, -0.25) is 0 Å². The van der Waals surface area contributed by atoms with Crippen molar-refractivity contribution in [1.29, 1.82) is 0 Å². The lowest BCUT2D eigenvalue weighted by molar-refractivity contribution is 0.00570. The number of hydrogen-bond donors (Lipinski definition) is 1. The molecule has 2 rings (SSSR count). The van der Waals surface area contributed by atoms with Crippen LogP contribution in [0, 0.1) is 11.3 Å². The van der Waals surface area contributed by atoms with Crippen molar-refractivity contribution in [3.63, 3.8) is 0 Å². The molecule has 1 aliphatic carbocycles. The predicted octanol–water partition coefficient (Wildman–Crippen LogP) is 2.89. The molecule has 2 atom stereocenters. The van der Waals surface area contributed by atoms with Crippen LogP contribution in [0.4, 0.5) is 0 Å². The van der Waals surface area contributed by atoms with Gasteiger partial charge in [0.05, 0.1) is 0 Å². The third-order valence-corrected chi connectivity index (χ3v) is 5.67. The summed E-state index contributed by atoms with van der Waals surface area (Å²) in [7, 11) is 2.09. The molecule has 1 N–H and O–H groups in total. The largest absolute Gasteiger partial charge is 0.319 e. The van der Waals surface area contributed by atoms with Crippen molar-refractivity contribution in [1.82, 2.24) is 10.2 Å². The van der Waals surface area contributed by atoms with Crippen molar-refractivity contribution in [2.45, 2.75) is 58.4 Å². The highest BCUT2D eigenvalue weighted by molar-refractivity contribution is 4.94. The Balaban J connectivity index is 1.83. The summed E-state index contributed by atoms with van der Waals surface area (Å²) in [5.74, 6) is 0.927. The van der Waals surface area contributed by atoms with Gasteiger partial charge in [-0.25, -0.2) is 0 Å². The first-order valence-corrected chi connectivity index (χ1v) is 7.63. The van der Waals surface area contributed by atoms with Crippen molar-refractivity contribution in [3.05, 3.63) is 0 Å². The molecule has 0 aromatic heterocycles. The number of nitrogens with one attached hydrogen (secondary N) is 1. The van der Waals surface area contributed by atoms with Crippen LogP contribution in [-0.4, -0.2) is 37.6 Å². The lowest BCUT2D eigenvalue weighted by atomic mass is 9.71. The molecule has 2 nitrogen and oxygen atoms in total. The minimum atomic E-state index is 0.679. The van der Waals surface area contributed by atoms with Crippen LogP contribution in [0.1, 0.15) is 52.4 Å². The van der Waals surface area contributed by atoms with Crippen molar-refractivity contribution < 1.29 is 0 Å². The van der Waals surface area contributed by atoms with E-state index in [2.05, 4.69) is 31.1 Å². The van der Waals surface area contributed by atoms with E-state index in [0.29, 0.717) is 5.41 Å². The molecule has 2 heteroatoms. The van der Waals surface area contributed by atoms with E-state index in [0.717, 1.165) is 12.0 Å². The van der Waals surface area contributed by atoms with Crippen molar-refractivity contribution in [3.8, 4) is 0 Å². The molecule has 2 aliphatic rings. The Morgan fingerprint density at radius 2 is 1.76 bits per heavy atom. The molecule has 0 radical (unpaired) electrons. The van der Waals surface area contributed by atoms with Crippen LogP contribution in [0.3, 0.4) is 0 Å². The van der Waals surface area contributed by atoms with Crippen molar-refractivity contribution >= 4 is 0 Å². The van der Waals surface area contributed by atoms with Crippen LogP contribution in [0.15, 0.2) is 0 Å². The summed E-state index contributed by atoms with van der Waals surface area (Å²) < 4.78 is 0. The third-order valence-electron chi connectivity index (χ3n) is 5.67. The van der Waals surface area contributed by atoms with E-state index >= 15 is 0 Å². The Bertz CT molecular complexity index is 225. The second-order valence-corrected chi connectivity index (χ2v) is 6.21. The summed E-state index contributed by atoms with van der Waals surface area (Å²) in [4.78, 5) is 2.79. The molecule has 1 saturated carbocycles. The fraction of sp³-hybridized carbons (Fsp3) is 1.00. The molecule has 0 spiro atoms. The van der Waals surface area contributed by atoms with E-state index in [4.69, 9.17) is 0 Å². The van der Waals surface area contributed by atoms with Gasteiger partial charge in [0.1, 0.15) is 0 Å². The van der Waals surface area contributed by atoms with Gasteiger partial charge < -0.3 is 10.2 Å². The first-order valence-electron chi connectivity index (χ1n) is 7.63. The molecule has 1 saturated heterocycles. The molecule has 0 aromatic carbocycles. The normalized spacial score (nSPS) is 33.4. The SMILES string of the molecule is CCC1(CC)CCN(C2CCC2CNC)CC1. The zero-order chi connectivity index (χ0) is 12.3. The first-order chi connectivity index (χ1) is 8.24. The minimum absolute atomic E-state index is 0.679. The van der Waals surface area contributed by atoms with Gasteiger partial charge in [-0.05, 0) is 63.7 Å².